The Hall–Kier alpha value is -5.51. The number of carboxylic acid groups (broad SMARTS) is 1. The van der Waals surface area contributed by atoms with Gasteiger partial charge in [-0.25, -0.2) is 9.18 Å². The van der Waals surface area contributed by atoms with E-state index in [1.807, 2.05) is 25.1 Å². The van der Waals surface area contributed by atoms with Gasteiger partial charge < -0.3 is 30.9 Å². The zero-order valence-corrected chi connectivity index (χ0v) is 27.9. The summed E-state index contributed by atoms with van der Waals surface area (Å²) in [6.45, 7) is 5.63. The third-order valence-corrected chi connectivity index (χ3v) is 7.57. The SMILES string of the molecule is CCOC(=O)CN1CCC(Oc2ccc(C(C)NC(=O)CC(=O)Nc3ccc(C(=N)N)cc3)cc2-c2ccc(F)cc2)CC1.O=C(O)C(F)(F)F. The first-order valence-electron chi connectivity index (χ1n) is 15.8. The number of nitrogens with two attached hydrogens (primary N) is 1. The highest BCUT2D eigenvalue weighted by Gasteiger charge is 2.38. The number of amides is 2. The minimum atomic E-state index is -5.08. The number of aliphatic carboxylic acids is 1. The lowest BCUT2D eigenvalue weighted by atomic mass is 9.98. The Labute approximate surface area is 291 Å². The van der Waals surface area contributed by atoms with Crippen LogP contribution in [0.4, 0.5) is 23.2 Å². The van der Waals surface area contributed by atoms with Gasteiger partial charge in [-0.05, 0) is 86.3 Å². The lowest BCUT2D eigenvalue weighted by Crippen LogP contribution is -2.41. The van der Waals surface area contributed by atoms with Crippen molar-refractivity contribution in [1.29, 1.82) is 5.41 Å². The largest absolute Gasteiger partial charge is 0.490 e. The quantitative estimate of drug-likeness (QED) is 0.0564. The Bertz CT molecular complexity index is 1680. The number of nitrogen functional groups attached to an aromatic ring is 1. The second kappa shape index (κ2) is 18.5. The molecule has 2 amide bonds. The molecule has 1 fully saturated rings. The zero-order chi connectivity index (χ0) is 37.7. The van der Waals surface area contributed by atoms with Crippen LogP contribution in [0.15, 0.2) is 66.7 Å². The van der Waals surface area contributed by atoms with Crippen LogP contribution in [0.1, 0.15) is 50.3 Å². The first-order valence-corrected chi connectivity index (χ1v) is 15.8. The molecule has 1 atom stereocenters. The zero-order valence-electron chi connectivity index (χ0n) is 27.9. The van der Waals surface area contributed by atoms with Crippen LogP contribution in [0.5, 0.6) is 5.75 Å². The van der Waals surface area contributed by atoms with Crippen molar-refractivity contribution in [3.8, 4) is 16.9 Å². The normalized spacial score (nSPS) is 13.9. The number of likely N-dealkylation sites (tertiary alicyclic amines) is 1. The number of piperidine rings is 1. The predicted molar refractivity (Wildman–Crippen MR) is 180 cm³/mol. The number of esters is 1. The number of alkyl halides is 3. The summed E-state index contributed by atoms with van der Waals surface area (Å²) < 4.78 is 56.9. The molecule has 1 heterocycles. The van der Waals surface area contributed by atoms with Crippen molar-refractivity contribution in [2.24, 2.45) is 5.73 Å². The van der Waals surface area contributed by atoms with Gasteiger partial charge in [0.2, 0.25) is 11.8 Å². The van der Waals surface area contributed by atoms with Crippen LogP contribution in [0.3, 0.4) is 0 Å². The predicted octanol–water partition coefficient (Wildman–Crippen LogP) is 5.02. The number of halogens is 4. The van der Waals surface area contributed by atoms with E-state index in [9.17, 15) is 31.9 Å². The molecule has 0 saturated carbocycles. The standard InChI is InChI=1S/C33H38FN5O5.C2HF3O2/c1-3-43-32(42)20-39-16-14-27(15-17-39)44-29-13-8-24(18-28(29)22-4-9-25(34)10-5-22)21(2)37-30(40)19-31(41)38-26-11-6-23(7-12-26)33(35)36;3-2(4,5)1(6)7/h4-13,18,21,27H,3,14-17,19-20H2,1-2H3,(H3,35,36)(H,37,40)(H,38,41);(H,6,7). The summed E-state index contributed by atoms with van der Waals surface area (Å²) in [6, 6.07) is 17.8. The van der Waals surface area contributed by atoms with Crippen LogP contribution in [0.2, 0.25) is 0 Å². The first-order chi connectivity index (χ1) is 24.0. The van der Waals surface area contributed by atoms with Gasteiger partial charge in [0.1, 0.15) is 29.9 Å². The third-order valence-electron chi connectivity index (χ3n) is 7.57. The summed E-state index contributed by atoms with van der Waals surface area (Å²) in [5.74, 6) is -3.71. The number of anilines is 1. The van der Waals surface area contributed by atoms with E-state index in [0.29, 0.717) is 36.7 Å². The van der Waals surface area contributed by atoms with Gasteiger partial charge in [-0.2, -0.15) is 13.2 Å². The molecular weight excluding hydrogens is 678 g/mol. The fourth-order valence-corrected chi connectivity index (χ4v) is 4.99. The second-order valence-electron chi connectivity index (χ2n) is 11.5. The van der Waals surface area contributed by atoms with E-state index < -0.39 is 30.0 Å². The van der Waals surface area contributed by atoms with E-state index in [1.165, 1.54) is 12.1 Å². The van der Waals surface area contributed by atoms with Gasteiger partial charge in [0.15, 0.2) is 0 Å². The average Bonchev–Trinajstić information content (AvgIpc) is 3.06. The van der Waals surface area contributed by atoms with E-state index in [0.717, 1.165) is 29.5 Å². The number of hydrogen-bond donors (Lipinski definition) is 5. The van der Waals surface area contributed by atoms with Crippen molar-refractivity contribution >= 4 is 35.3 Å². The maximum absolute atomic E-state index is 13.7. The number of amidine groups is 1. The topological polar surface area (TPSA) is 184 Å². The highest BCUT2D eigenvalue weighted by molar-refractivity contribution is 6.04. The molecule has 3 aromatic carbocycles. The lowest BCUT2D eigenvalue weighted by molar-refractivity contribution is -0.192. The number of nitrogens with zero attached hydrogens (tertiary/aromatic N) is 1. The van der Waals surface area contributed by atoms with Crippen molar-refractivity contribution in [3.05, 3.63) is 83.7 Å². The fraction of sp³-hybridized carbons (Fsp3) is 0.343. The summed E-state index contributed by atoms with van der Waals surface area (Å²) in [7, 11) is 0. The van der Waals surface area contributed by atoms with Crippen LogP contribution >= 0.6 is 0 Å². The molecule has 51 heavy (non-hydrogen) atoms. The molecule has 1 unspecified atom stereocenters. The van der Waals surface area contributed by atoms with Crippen LogP contribution in [0, 0.1) is 11.2 Å². The number of nitrogens with one attached hydrogen (secondary N) is 3. The molecule has 1 saturated heterocycles. The first kappa shape index (κ1) is 39.9. The molecule has 4 rings (SSSR count). The van der Waals surface area contributed by atoms with Gasteiger partial charge in [0, 0.05) is 29.9 Å². The van der Waals surface area contributed by atoms with E-state index in [-0.39, 0.29) is 36.7 Å². The number of benzene rings is 3. The lowest BCUT2D eigenvalue weighted by Gasteiger charge is -2.32. The minimum absolute atomic E-state index is 0.0622. The van der Waals surface area contributed by atoms with Gasteiger partial charge in [0.05, 0.1) is 19.2 Å². The Morgan fingerprint density at radius 2 is 1.61 bits per heavy atom. The number of carbonyl (C=O) groups excluding carboxylic acids is 3. The molecule has 3 aromatic rings. The van der Waals surface area contributed by atoms with Crippen LogP contribution in [0.25, 0.3) is 11.1 Å². The van der Waals surface area contributed by atoms with E-state index >= 15 is 0 Å². The number of carbonyl (C=O) groups is 4. The molecular formula is C35H39F4N5O7. The average molecular weight is 718 g/mol. The molecule has 6 N–H and O–H groups in total. The maximum atomic E-state index is 13.7. The molecule has 16 heteroatoms. The molecule has 1 aliphatic heterocycles. The molecule has 0 radical (unpaired) electrons. The van der Waals surface area contributed by atoms with Crippen LogP contribution in [-0.2, 0) is 23.9 Å². The van der Waals surface area contributed by atoms with Gasteiger partial charge in [0.25, 0.3) is 0 Å². The van der Waals surface area contributed by atoms with Crippen molar-refractivity contribution in [2.45, 2.75) is 51.4 Å². The number of carboxylic acids is 1. The molecule has 12 nitrogen and oxygen atoms in total. The van der Waals surface area contributed by atoms with E-state index in [4.69, 9.17) is 30.5 Å². The van der Waals surface area contributed by atoms with Gasteiger partial charge in [-0.15, -0.1) is 0 Å². The van der Waals surface area contributed by atoms with Crippen LogP contribution < -0.4 is 21.1 Å². The summed E-state index contributed by atoms with van der Waals surface area (Å²) >= 11 is 0. The van der Waals surface area contributed by atoms with Crippen molar-refractivity contribution in [3.63, 3.8) is 0 Å². The summed E-state index contributed by atoms with van der Waals surface area (Å²) in [4.78, 5) is 47.9. The second-order valence-corrected chi connectivity index (χ2v) is 11.5. The van der Waals surface area contributed by atoms with Gasteiger partial charge >= 0.3 is 18.1 Å². The number of ether oxygens (including phenoxy) is 2. The molecule has 0 aliphatic carbocycles. The Balaban J connectivity index is 0.000000908. The monoisotopic (exact) mass is 717 g/mol. The number of hydrogen-bond acceptors (Lipinski definition) is 8. The highest BCUT2D eigenvalue weighted by atomic mass is 19.4. The maximum Gasteiger partial charge on any atom is 0.490 e. The Morgan fingerprint density at radius 3 is 2.16 bits per heavy atom. The fourth-order valence-electron chi connectivity index (χ4n) is 4.99. The van der Waals surface area contributed by atoms with Crippen LogP contribution in [-0.4, -0.2) is 78.1 Å². The van der Waals surface area contributed by atoms with Crippen molar-refractivity contribution in [1.82, 2.24) is 10.2 Å². The van der Waals surface area contributed by atoms with Crippen molar-refractivity contribution < 1.29 is 51.3 Å². The smallest absolute Gasteiger partial charge is 0.490 e. The van der Waals surface area contributed by atoms with Gasteiger partial charge in [-0.3, -0.25) is 24.7 Å². The molecule has 1 aliphatic rings. The third kappa shape index (κ3) is 13.0. The molecule has 0 aromatic heterocycles. The summed E-state index contributed by atoms with van der Waals surface area (Å²) in [6.07, 6.45) is -4.05. The highest BCUT2D eigenvalue weighted by Crippen LogP contribution is 2.35. The van der Waals surface area contributed by atoms with E-state index in [1.54, 1.807) is 43.3 Å². The summed E-state index contributed by atoms with van der Waals surface area (Å²) in [5, 5.41) is 20.1. The summed E-state index contributed by atoms with van der Waals surface area (Å²) in [5.41, 5.74) is 8.78. The Kier molecular flexibility index (Phi) is 14.5. The van der Waals surface area contributed by atoms with E-state index in [2.05, 4.69) is 15.5 Å². The molecule has 274 valence electrons. The van der Waals surface area contributed by atoms with Gasteiger partial charge in [-0.1, -0.05) is 18.2 Å². The molecule has 0 spiro atoms. The number of rotatable bonds is 12. The minimum Gasteiger partial charge on any atom is -0.490 e. The molecule has 0 bridgehead atoms. The van der Waals surface area contributed by atoms with Crippen molar-refractivity contribution in [2.75, 3.05) is 31.6 Å². The Morgan fingerprint density at radius 1 is 1.00 bits per heavy atom.